The summed E-state index contributed by atoms with van der Waals surface area (Å²) in [5.41, 5.74) is -1.22. The van der Waals surface area contributed by atoms with Crippen molar-refractivity contribution in [3.8, 4) is 11.5 Å². The van der Waals surface area contributed by atoms with Crippen LogP contribution in [0.2, 0.25) is 0 Å². The Balaban J connectivity index is 3.31. The monoisotopic (exact) mass is 299 g/mol. The second-order valence-corrected chi connectivity index (χ2v) is 3.87. The van der Waals surface area contributed by atoms with Crippen LogP contribution in [0.1, 0.15) is 17.3 Å². The lowest BCUT2D eigenvalue weighted by molar-refractivity contribution is -0.385. The van der Waals surface area contributed by atoms with Gasteiger partial charge in [0, 0.05) is 6.07 Å². The van der Waals surface area contributed by atoms with E-state index in [2.05, 4.69) is 4.74 Å². The first kappa shape index (κ1) is 16.2. The molecule has 0 aliphatic heterocycles. The Labute approximate surface area is 119 Å². The Morgan fingerprint density at radius 2 is 1.90 bits per heavy atom. The summed E-state index contributed by atoms with van der Waals surface area (Å²) in [6.07, 6.45) is -1.04. The van der Waals surface area contributed by atoms with Crippen LogP contribution in [-0.4, -0.2) is 42.3 Å². The van der Waals surface area contributed by atoms with Crippen molar-refractivity contribution in [2.75, 3.05) is 14.2 Å². The quantitative estimate of drug-likeness (QED) is 0.472. The Hall–Kier alpha value is -2.84. The van der Waals surface area contributed by atoms with Gasteiger partial charge in [-0.2, -0.15) is 0 Å². The lowest BCUT2D eigenvalue weighted by atomic mass is 10.1. The highest BCUT2D eigenvalue weighted by molar-refractivity contribution is 5.93. The zero-order chi connectivity index (χ0) is 16.2. The number of carboxylic acid groups (broad SMARTS) is 1. The van der Waals surface area contributed by atoms with E-state index in [1.807, 2.05) is 0 Å². The molecule has 1 aromatic carbocycles. The first-order chi connectivity index (χ1) is 9.81. The number of benzene rings is 1. The van der Waals surface area contributed by atoms with Crippen LogP contribution < -0.4 is 9.47 Å². The molecule has 1 unspecified atom stereocenters. The van der Waals surface area contributed by atoms with Gasteiger partial charge in [-0.3, -0.25) is 10.1 Å². The van der Waals surface area contributed by atoms with Crippen LogP contribution in [0, 0.1) is 10.1 Å². The molecule has 0 saturated carbocycles. The van der Waals surface area contributed by atoms with Crippen molar-refractivity contribution >= 4 is 17.6 Å². The van der Waals surface area contributed by atoms with Gasteiger partial charge >= 0.3 is 11.9 Å². The van der Waals surface area contributed by atoms with E-state index in [1.54, 1.807) is 0 Å². The fourth-order valence-electron chi connectivity index (χ4n) is 1.53. The average molecular weight is 299 g/mol. The Bertz CT molecular complexity index is 583. The molecule has 9 heteroatoms. The highest BCUT2D eigenvalue weighted by Gasteiger charge is 2.26. The van der Waals surface area contributed by atoms with Crippen LogP contribution in [-0.2, 0) is 9.53 Å². The number of esters is 1. The number of nitrogens with zero attached hydrogens (tertiary/aromatic N) is 1. The summed E-state index contributed by atoms with van der Waals surface area (Å²) < 4.78 is 14.6. The van der Waals surface area contributed by atoms with Gasteiger partial charge < -0.3 is 19.3 Å². The van der Waals surface area contributed by atoms with Crippen molar-refractivity contribution in [3.63, 3.8) is 0 Å². The van der Waals surface area contributed by atoms with Crippen LogP contribution in [0.3, 0.4) is 0 Å². The molecule has 1 N–H and O–H groups in total. The number of nitro groups is 1. The van der Waals surface area contributed by atoms with Gasteiger partial charge in [-0.05, 0) is 6.92 Å². The third-order valence-electron chi connectivity index (χ3n) is 2.55. The highest BCUT2D eigenvalue weighted by atomic mass is 16.6. The zero-order valence-corrected chi connectivity index (χ0v) is 11.5. The van der Waals surface area contributed by atoms with Crippen molar-refractivity contribution < 1.29 is 33.8 Å². The minimum Gasteiger partial charge on any atom is -0.493 e. The Kier molecular flexibility index (Phi) is 5.06. The molecule has 0 saturated heterocycles. The van der Waals surface area contributed by atoms with Gasteiger partial charge in [0.05, 0.1) is 25.2 Å². The van der Waals surface area contributed by atoms with E-state index >= 15 is 0 Å². The lowest BCUT2D eigenvalue weighted by Gasteiger charge is -2.15. The molecule has 0 bridgehead atoms. The number of methoxy groups -OCH3 is 2. The fraction of sp³-hybridized carbons (Fsp3) is 0.333. The van der Waals surface area contributed by atoms with E-state index in [1.165, 1.54) is 14.0 Å². The molecule has 0 spiro atoms. The molecule has 9 nitrogen and oxygen atoms in total. The van der Waals surface area contributed by atoms with Crippen molar-refractivity contribution in [3.05, 3.63) is 27.8 Å². The average Bonchev–Trinajstić information content (AvgIpc) is 2.45. The van der Waals surface area contributed by atoms with Crippen LogP contribution in [0.25, 0.3) is 0 Å². The minimum atomic E-state index is -1.48. The number of rotatable bonds is 6. The van der Waals surface area contributed by atoms with Crippen LogP contribution in [0.5, 0.6) is 11.5 Å². The number of aromatic carboxylic acids is 1. The Morgan fingerprint density at radius 1 is 1.29 bits per heavy atom. The molecule has 0 aliphatic carbocycles. The van der Waals surface area contributed by atoms with Crippen LogP contribution in [0.15, 0.2) is 12.1 Å². The second kappa shape index (κ2) is 6.55. The Morgan fingerprint density at radius 3 is 2.33 bits per heavy atom. The van der Waals surface area contributed by atoms with Gasteiger partial charge in [0.15, 0.2) is 17.6 Å². The molecule has 114 valence electrons. The molecular formula is C12H13NO8. The van der Waals surface area contributed by atoms with Crippen LogP contribution >= 0.6 is 0 Å². The SMILES string of the molecule is COC(=O)C(C)Oc1cc([N+](=O)[O-])c(C(=O)O)cc1OC. The van der Waals surface area contributed by atoms with E-state index in [0.717, 1.165) is 19.2 Å². The maximum atomic E-state index is 11.3. The predicted molar refractivity (Wildman–Crippen MR) is 68.7 cm³/mol. The van der Waals surface area contributed by atoms with Crippen molar-refractivity contribution in [2.45, 2.75) is 13.0 Å². The van der Waals surface area contributed by atoms with Gasteiger partial charge in [-0.1, -0.05) is 0 Å². The normalized spacial score (nSPS) is 11.4. The van der Waals surface area contributed by atoms with Gasteiger partial charge in [-0.15, -0.1) is 0 Å². The zero-order valence-electron chi connectivity index (χ0n) is 11.5. The maximum absolute atomic E-state index is 11.3. The number of hydrogen-bond acceptors (Lipinski definition) is 7. The topological polar surface area (TPSA) is 125 Å². The molecular weight excluding hydrogens is 286 g/mol. The molecule has 0 aliphatic rings. The van der Waals surface area contributed by atoms with E-state index < -0.39 is 34.2 Å². The van der Waals surface area contributed by atoms with Gasteiger partial charge in [0.1, 0.15) is 5.56 Å². The number of ether oxygens (including phenoxy) is 3. The third kappa shape index (κ3) is 3.59. The van der Waals surface area contributed by atoms with Gasteiger partial charge in [-0.25, -0.2) is 9.59 Å². The lowest BCUT2D eigenvalue weighted by Crippen LogP contribution is -2.25. The molecule has 1 atom stereocenters. The molecule has 1 rings (SSSR count). The fourth-order valence-corrected chi connectivity index (χ4v) is 1.53. The standard InChI is InChI=1S/C12H13NO8/c1-6(12(16)20-3)21-10-5-8(13(17)18)7(11(14)15)4-9(10)19-2/h4-6H,1-3H3,(H,14,15). The molecule has 0 amide bonds. The predicted octanol–water partition coefficient (Wildman–Crippen LogP) is 1.24. The number of nitro benzene ring substituents is 1. The number of carboxylic acids is 1. The molecule has 21 heavy (non-hydrogen) atoms. The van der Waals surface area contributed by atoms with Crippen molar-refractivity contribution in [1.82, 2.24) is 0 Å². The molecule has 0 aromatic heterocycles. The van der Waals surface area contributed by atoms with Crippen molar-refractivity contribution in [1.29, 1.82) is 0 Å². The maximum Gasteiger partial charge on any atom is 0.346 e. The number of carbonyl (C=O) groups is 2. The second-order valence-electron chi connectivity index (χ2n) is 3.87. The smallest absolute Gasteiger partial charge is 0.346 e. The number of hydrogen-bond donors (Lipinski definition) is 1. The van der Waals surface area contributed by atoms with Crippen molar-refractivity contribution in [2.24, 2.45) is 0 Å². The molecule has 0 fully saturated rings. The van der Waals surface area contributed by atoms with E-state index in [0.29, 0.717) is 0 Å². The molecule has 0 heterocycles. The van der Waals surface area contributed by atoms with Crippen LogP contribution in [0.4, 0.5) is 5.69 Å². The first-order valence-electron chi connectivity index (χ1n) is 5.66. The molecule has 0 radical (unpaired) electrons. The van der Waals surface area contributed by atoms with Gasteiger partial charge in [0.2, 0.25) is 0 Å². The first-order valence-corrected chi connectivity index (χ1v) is 5.66. The summed E-state index contributed by atoms with van der Waals surface area (Å²) in [4.78, 5) is 32.3. The van der Waals surface area contributed by atoms with Gasteiger partial charge in [0.25, 0.3) is 5.69 Å². The highest BCUT2D eigenvalue weighted by Crippen LogP contribution is 2.35. The van der Waals surface area contributed by atoms with E-state index in [-0.39, 0.29) is 11.5 Å². The summed E-state index contributed by atoms with van der Waals surface area (Å²) in [5, 5.41) is 19.9. The van der Waals surface area contributed by atoms with E-state index in [9.17, 15) is 19.7 Å². The summed E-state index contributed by atoms with van der Waals surface area (Å²) in [7, 11) is 2.40. The summed E-state index contributed by atoms with van der Waals surface area (Å²) >= 11 is 0. The summed E-state index contributed by atoms with van der Waals surface area (Å²) in [5.74, 6) is -2.35. The third-order valence-corrected chi connectivity index (χ3v) is 2.55. The summed E-state index contributed by atoms with van der Waals surface area (Å²) in [6.45, 7) is 1.38. The summed E-state index contributed by atoms with van der Waals surface area (Å²) in [6, 6.07) is 1.85. The number of carbonyl (C=O) groups excluding carboxylic acids is 1. The molecule has 1 aromatic rings. The minimum absolute atomic E-state index is 0.0475. The largest absolute Gasteiger partial charge is 0.493 e. The van der Waals surface area contributed by atoms with E-state index in [4.69, 9.17) is 14.6 Å².